The number of halogens is 1. The van der Waals surface area contributed by atoms with Gasteiger partial charge in [-0.2, -0.15) is 0 Å². The molecular weight excluding hydrogens is 217 g/mol. The molecule has 0 aliphatic rings. The average molecular weight is 233 g/mol. The molecule has 0 unspecified atom stereocenters. The van der Waals surface area contributed by atoms with Gasteiger partial charge in [-0.05, 0) is 25.1 Å². The summed E-state index contributed by atoms with van der Waals surface area (Å²) in [4.78, 5) is 6.41. The Labute approximate surface area is 100 Å². The van der Waals surface area contributed by atoms with Gasteiger partial charge in [-0.3, -0.25) is 4.98 Å². The van der Waals surface area contributed by atoms with Gasteiger partial charge < -0.3 is 10.6 Å². The summed E-state index contributed by atoms with van der Waals surface area (Å²) in [5.74, 6) is -0.255. The predicted octanol–water partition coefficient (Wildman–Crippen LogP) is 2.21. The van der Waals surface area contributed by atoms with E-state index in [9.17, 15) is 4.39 Å². The minimum absolute atomic E-state index is 0.255. The molecule has 0 aliphatic carbocycles. The summed E-state index contributed by atoms with van der Waals surface area (Å²) in [6.07, 6.45) is 0. The monoisotopic (exact) mass is 233 g/mol. The number of aryl methyl sites for hydroxylation is 1. The number of nitrogens with two attached hydrogens (primary N) is 1. The topological polar surface area (TPSA) is 42.2 Å². The van der Waals surface area contributed by atoms with Gasteiger partial charge in [-0.15, -0.1) is 0 Å². The standard InChI is InChI=1S/C13H16FN3/c1-8-11(7-15)13(17(2)3)10-6-9(14)4-5-12(10)16-8/h4-6H,7,15H2,1-3H3. The Morgan fingerprint density at radius 1 is 1.35 bits per heavy atom. The molecule has 17 heavy (non-hydrogen) atoms. The van der Waals surface area contributed by atoms with E-state index < -0.39 is 0 Å². The van der Waals surface area contributed by atoms with Gasteiger partial charge in [0.25, 0.3) is 0 Å². The maximum atomic E-state index is 13.3. The Morgan fingerprint density at radius 2 is 2.06 bits per heavy atom. The summed E-state index contributed by atoms with van der Waals surface area (Å²) in [6, 6.07) is 4.64. The highest BCUT2D eigenvalue weighted by Gasteiger charge is 2.13. The van der Waals surface area contributed by atoms with Gasteiger partial charge in [0.15, 0.2) is 0 Å². The van der Waals surface area contributed by atoms with Crippen LogP contribution in [0.15, 0.2) is 18.2 Å². The van der Waals surface area contributed by atoms with Crippen molar-refractivity contribution in [1.29, 1.82) is 0 Å². The Bertz CT molecular complexity index is 564. The summed E-state index contributed by atoms with van der Waals surface area (Å²) in [5, 5.41) is 0.807. The van der Waals surface area contributed by atoms with E-state index in [0.29, 0.717) is 6.54 Å². The predicted molar refractivity (Wildman–Crippen MR) is 68.7 cm³/mol. The lowest BCUT2D eigenvalue weighted by atomic mass is 10.1. The lowest BCUT2D eigenvalue weighted by Gasteiger charge is -2.20. The molecule has 0 atom stereocenters. The fraction of sp³-hybridized carbons (Fsp3) is 0.308. The third kappa shape index (κ3) is 1.96. The van der Waals surface area contributed by atoms with Crippen molar-refractivity contribution in [2.24, 2.45) is 5.73 Å². The highest BCUT2D eigenvalue weighted by molar-refractivity contribution is 5.93. The van der Waals surface area contributed by atoms with Gasteiger partial charge in [0, 0.05) is 37.3 Å². The molecule has 2 rings (SSSR count). The van der Waals surface area contributed by atoms with E-state index >= 15 is 0 Å². The lowest BCUT2D eigenvalue weighted by Crippen LogP contribution is -2.15. The molecule has 0 spiro atoms. The maximum Gasteiger partial charge on any atom is 0.124 e. The van der Waals surface area contributed by atoms with E-state index in [1.807, 2.05) is 25.9 Å². The van der Waals surface area contributed by atoms with Crippen molar-refractivity contribution in [3.05, 3.63) is 35.3 Å². The molecule has 4 heteroatoms. The normalized spacial score (nSPS) is 10.9. The number of pyridine rings is 1. The molecule has 2 aromatic rings. The van der Waals surface area contributed by atoms with Crippen molar-refractivity contribution >= 4 is 16.6 Å². The van der Waals surface area contributed by atoms with Gasteiger partial charge >= 0.3 is 0 Å². The van der Waals surface area contributed by atoms with Crippen LogP contribution < -0.4 is 10.6 Å². The first-order valence-electron chi connectivity index (χ1n) is 5.50. The first-order valence-corrected chi connectivity index (χ1v) is 5.50. The largest absolute Gasteiger partial charge is 0.377 e. The van der Waals surface area contributed by atoms with E-state index in [4.69, 9.17) is 5.73 Å². The van der Waals surface area contributed by atoms with Crippen molar-refractivity contribution in [2.45, 2.75) is 13.5 Å². The molecule has 1 aromatic heterocycles. The Kier molecular flexibility index (Phi) is 2.98. The second-order valence-corrected chi connectivity index (χ2v) is 4.28. The Hall–Kier alpha value is -1.68. The smallest absolute Gasteiger partial charge is 0.124 e. The quantitative estimate of drug-likeness (QED) is 0.864. The minimum Gasteiger partial charge on any atom is -0.377 e. The molecule has 0 amide bonds. The molecule has 1 aromatic carbocycles. The second-order valence-electron chi connectivity index (χ2n) is 4.28. The number of hydrogen-bond acceptors (Lipinski definition) is 3. The zero-order valence-corrected chi connectivity index (χ0v) is 10.3. The molecule has 90 valence electrons. The molecule has 0 aliphatic heterocycles. The summed E-state index contributed by atoms with van der Waals surface area (Å²) in [7, 11) is 3.86. The highest BCUT2D eigenvalue weighted by Crippen LogP contribution is 2.30. The Morgan fingerprint density at radius 3 is 2.65 bits per heavy atom. The van der Waals surface area contributed by atoms with Crippen LogP contribution in [0.4, 0.5) is 10.1 Å². The van der Waals surface area contributed by atoms with E-state index in [0.717, 1.165) is 27.8 Å². The number of fused-ring (bicyclic) bond motifs is 1. The van der Waals surface area contributed by atoms with Crippen molar-refractivity contribution in [3.8, 4) is 0 Å². The van der Waals surface area contributed by atoms with Crippen LogP contribution in [-0.4, -0.2) is 19.1 Å². The van der Waals surface area contributed by atoms with E-state index in [1.54, 1.807) is 6.07 Å². The van der Waals surface area contributed by atoms with Gasteiger partial charge in [-0.25, -0.2) is 4.39 Å². The first-order chi connectivity index (χ1) is 8.04. The first kappa shape index (κ1) is 11.8. The second kappa shape index (κ2) is 4.30. The van der Waals surface area contributed by atoms with Crippen LogP contribution in [0, 0.1) is 12.7 Å². The van der Waals surface area contributed by atoms with Crippen LogP contribution in [0.5, 0.6) is 0 Å². The number of rotatable bonds is 2. The number of nitrogens with zero attached hydrogens (tertiary/aromatic N) is 2. The third-order valence-electron chi connectivity index (χ3n) is 2.88. The van der Waals surface area contributed by atoms with Crippen LogP contribution in [0.2, 0.25) is 0 Å². The number of aromatic nitrogens is 1. The summed E-state index contributed by atoms with van der Waals surface area (Å²) >= 11 is 0. The summed E-state index contributed by atoms with van der Waals surface area (Å²) in [6.45, 7) is 2.33. The summed E-state index contributed by atoms with van der Waals surface area (Å²) < 4.78 is 13.3. The van der Waals surface area contributed by atoms with Crippen molar-refractivity contribution in [1.82, 2.24) is 4.98 Å². The van der Waals surface area contributed by atoms with Gasteiger partial charge in [0.2, 0.25) is 0 Å². The average Bonchev–Trinajstić information content (AvgIpc) is 2.27. The van der Waals surface area contributed by atoms with E-state index in [1.165, 1.54) is 12.1 Å². The summed E-state index contributed by atoms with van der Waals surface area (Å²) in [5.41, 5.74) is 9.37. The molecule has 0 radical (unpaired) electrons. The van der Waals surface area contributed by atoms with Crippen LogP contribution in [0.25, 0.3) is 10.9 Å². The molecule has 3 nitrogen and oxygen atoms in total. The van der Waals surface area contributed by atoms with E-state index in [2.05, 4.69) is 4.98 Å². The Balaban J connectivity index is 2.89. The molecule has 1 heterocycles. The third-order valence-corrected chi connectivity index (χ3v) is 2.88. The molecular formula is C13H16FN3. The molecule has 2 N–H and O–H groups in total. The zero-order valence-electron chi connectivity index (χ0n) is 10.3. The van der Waals surface area contributed by atoms with Crippen molar-refractivity contribution in [3.63, 3.8) is 0 Å². The van der Waals surface area contributed by atoms with Gasteiger partial charge in [0.05, 0.1) is 11.2 Å². The molecule has 0 saturated heterocycles. The van der Waals surface area contributed by atoms with Crippen molar-refractivity contribution < 1.29 is 4.39 Å². The number of anilines is 1. The molecule has 0 fully saturated rings. The number of benzene rings is 1. The lowest BCUT2D eigenvalue weighted by molar-refractivity contribution is 0.629. The van der Waals surface area contributed by atoms with Gasteiger partial charge in [0.1, 0.15) is 5.82 Å². The van der Waals surface area contributed by atoms with Crippen LogP contribution in [0.1, 0.15) is 11.3 Å². The van der Waals surface area contributed by atoms with Gasteiger partial charge in [-0.1, -0.05) is 0 Å². The van der Waals surface area contributed by atoms with E-state index in [-0.39, 0.29) is 5.82 Å². The minimum atomic E-state index is -0.255. The highest BCUT2D eigenvalue weighted by atomic mass is 19.1. The van der Waals surface area contributed by atoms with Crippen molar-refractivity contribution in [2.75, 3.05) is 19.0 Å². The van der Waals surface area contributed by atoms with Crippen LogP contribution in [-0.2, 0) is 6.54 Å². The molecule has 0 saturated carbocycles. The fourth-order valence-electron chi connectivity index (χ4n) is 2.13. The SMILES string of the molecule is Cc1nc2ccc(F)cc2c(N(C)C)c1CN. The zero-order chi connectivity index (χ0) is 12.6. The number of hydrogen-bond donors (Lipinski definition) is 1. The van der Waals surface area contributed by atoms with Crippen LogP contribution >= 0.6 is 0 Å². The fourth-order valence-corrected chi connectivity index (χ4v) is 2.13. The van der Waals surface area contributed by atoms with Crippen LogP contribution in [0.3, 0.4) is 0 Å². The maximum absolute atomic E-state index is 13.3. The molecule has 0 bridgehead atoms.